The maximum Gasteiger partial charge on any atom is 0.573 e. The van der Waals surface area contributed by atoms with Gasteiger partial charge in [0.1, 0.15) is 5.75 Å². The van der Waals surface area contributed by atoms with Crippen LogP contribution in [0.3, 0.4) is 0 Å². The van der Waals surface area contributed by atoms with Crippen molar-refractivity contribution < 1.29 is 31.1 Å². The van der Waals surface area contributed by atoms with Gasteiger partial charge in [-0.25, -0.2) is 18.2 Å². The van der Waals surface area contributed by atoms with Crippen molar-refractivity contribution in [3.8, 4) is 5.75 Å². The molecule has 0 heterocycles. The van der Waals surface area contributed by atoms with E-state index in [2.05, 4.69) is 15.0 Å². The first-order valence-corrected chi connectivity index (χ1v) is 7.66. The molecule has 0 atom stereocenters. The zero-order valence-electron chi connectivity index (χ0n) is 14.2. The first kappa shape index (κ1) is 23.9. The van der Waals surface area contributed by atoms with Crippen molar-refractivity contribution in [1.29, 1.82) is 0 Å². The van der Waals surface area contributed by atoms with E-state index in [1.54, 1.807) is 0 Å². The molecule has 0 spiro atoms. The van der Waals surface area contributed by atoms with Gasteiger partial charge in [-0.05, 0) is 41.8 Å². The van der Waals surface area contributed by atoms with Crippen molar-refractivity contribution in [3.05, 3.63) is 65.0 Å². The summed E-state index contributed by atoms with van der Waals surface area (Å²) < 4.78 is 79.0. The van der Waals surface area contributed by atoms with Gasteiger partial charge in [-0.1, -0.05) is 12.1 Å². The molecule has 0 amide bonds. The average Bonchev–Trinajstić information content (AvgIpc) is 2.57. The van der Waals surface area contributed by atoms with Crippen LogP contribution in [-0.4, -0.2) is 18.9 Å². The minimum atomic E-state index is -4.76. The molecule has 2 aromatic rings. The average molecular weight is 519 g/mol. The molecule has 11 heteroatoms. The van der Waals surface area contributed by atoms with E-state index in [0.29, 0.717) is 5.56 Å². The van der Waals surface area contributed by atoms with Crippen LogP contribution in [0.5, 0.6) is 5.75 Å². The molecule has 4 nitrogen and oxygen atoms in total. The van der Waals surface area contributed by atoms with E-state index in [0.717, 1.165) is 24.3 Å². The number of hydrogen-bond donors (Lipinski definition) is 2. The highest BCUT2D eigenvalue weighted by molar-refractivity contribution is 14.0. The number of nitrogens with one attached hydrogen (secondary N) is 1. The van der Waals surface area contributed by atoms with Crippen LogP contribution in [0.4, 0.5) is 26.3 Å². The number of aliphatic imine (C=N–C) groups is 1. The highest BCUT2D eigenvalue weighted by Gasteiger charge is 2.30. The summed E-state index contributed by atoms with van der Waals surface area (Å²) in [7, 11) is 0. The van der Waals surface area contributed by atoms with Crippen molar-refractivity contribution in [2.45, 2.75) is 19.3 Å². The summed E-state index contributed by atoms with van der Waals surface area (Å²) in [5.74, 6) is -4.39. The molecule has 0 aromatic heterocycles. The predicted octanol–water partition coefficient (Wildman–Crippen LogP) is 4.27. The van der Waals surface area contributed by atoms with Crippen LogP contribution < -0.4 is 15.8 Å². The quantitative estimate of drug-likeness (QED) is 0.197. The Labute approximate surface area is 173 Å². The number of nitrogens with two attached hydrogens (primary N) is 1. The Balaban J connectivity index is 0.00000392. The third-order valence-corrected chi connectivity index (χ3v) is 3.35. The van der Waals surface area contributed by atoms with Gasteiger partial charge in [0, 0.05) is 6.54 Å². The number of benzene rings is 2. The van der Waals surface area contributed by atoms with E-state index in [9.17, 15) is 26.3 Å². The predicted molar refractivity (Wildman–Crippen MR) is 102 cm³/mol. The largest absolute Gasteiger partial charge is 0.573 e. The van der Waals surface area contributed by atoms with Gasteiger partial charge < -0.3 is 15.8 Å². The highest BCUT2D eigenvalue weighted by atomic mass is 127. The van der Waals surface area contributed by atoms with Crippen molar-refractivity contribution in [2.75, 3.05) is 6.54 Å². The first-order valence-electron chi connectivity index (χ1n) is 7.66. The molecule has 0 bridgehead atoms. The summed E-state index contributed by atoms with van der Waals surface area (Å²) >= 11 is 0. The summed E-state index contributed by atoms with van der Waals surface area (Å²) in [5, 5.41) is 2.71. The Kier molecular flexibility index (Phi) is 8.85. The lowest BCUT2D eigenvalue weighted by Crippen LogP contribution is -2.33. The number of guanidine groups is 1. The van der Waals surface area contributed by atoms with E-state index in [4.69, 9.17) is 5.73 Å². The second-order valence-corrected chi connectivity index (χ2v) is 5.44. The first-order chi connectivity index (χ1) is 12.6. The Morgan fingerprint density at radius 3 is 2.11 bits per heavy atom. The lowest BCUT2D eigenvalue weighted by molar-refractivity contribution is -0.274. The molecule has 2 aromatic carbocycles. The van der Waals surface area contributed by atoms with Crippen molar-refractivity contribution in [2.24, 2.45) is 10.7 Å². The number of ether oxygens (including phenoxy) is 1. The van der Waals surface area contributed by atoms with E-state index in [1.807, 2.05) is 0 Å². The lowest BCUT2D eigenvalue weighted by atomic mass is 10.1. The van der Waals surface area contributed by atoms with E-state index < -0.39 is 23.8 Å². The molecule has 0 unspecified atom stereocenters. The summed E-state index contributed by atoms with van der Waals surface area (Å²) in [6.07, 6.45) is -4.59. The molecule has 0 aliphatic heterocycles. The molecule has 0 saturated heterocycles. The van der Waals surface area contributed by atoms with Gasteiger partial charge in [-0.2, -0.15) is 0 Å². The SMILES string of the molecule is I.NC(=NCc1ccc(OC(F)(F)F)cc1)NCCc1cc(F)c(F)c(F)c1. The Morgan fingerprint density at radius 2 is 1.57 bits per heavy atom. The Bertz CT molecular complexity index is 789. The molecule has 0 saturated carbocycles. The molecule has 0 aliphatic rings. The summed E-state index contributed by atoms with van der Waals surface area (Å²) in [6.45, 7) is 0.295. The molecule has 0 aliphatic carbocycles. The third kappa shape index (κ3) is 7.82. The van der Waals surface area contributed by atoms with Crippen LogP contribution in [0.15, 0.2) is 41.4 Å². The topological polar surface area (TPSA) is 59.6 Å². The fraction of sp³-hybridized carbons (Fsp3) is 0.235. The standard InChI is InChI=1S/C17H15F6N3O.HI/c18-13-7-11(8-14(19)15(13)20)5-6-25-16(24)26-9-10-1-3-12(4-2-10)27-17(21,22)23;/h1-4,7-8H,5-6,9H2,(H3,24,25,26);1H. The van der Waals surface area contributed by atoms with Crippen LogP contribution in [0, 0.1) is 17.5 Å². The molecule has 2 rings (SSSR count). The second-order valence-electron chi connectivity index (χ2n) is 5.44. The zero-order valence-corrected chi connectivity index (χ0v) is 16.5. The lowest BCUT2D eigenvalue weighted by Gasteiger charge is -2.09. The molecule has 0 fully saturated rings. The number of rotatable bonds is 6. The van der Waals surface area contributed by atoms with Gasteiger partial charge in [0.2, 0.25) is 0 Å². The van der Waals surface area contributed by atoms with Crippen LogP contribution >= 0.6 is 24.0 Å². The fourth-order valence-electron chi connectivity index (χ4n) is 2.12. The Hall–Kier alpha value is -2.18. The molecule has 0 radical (unpaired) electrons. The van der Waals surface area contributed by atoms with Crippen LogP contribution in [0.2, 0.25) is 0 Å². The molecule has 3 N–H and O–H groups in total. The van der Waals surface area contributed by atoms with Crippen molar-refractivity contribution in [3.63, 3.8) is 0 Å². The van der Waals surface area contributed by atoms with Crippen LogP contribution in [0.25, 0.3) is 0 Å². The van der Waals surface area contributed by atoms with Gasteiger partial charge >= 0.3 is 6.36 Å². The zero-order chi connectivity index (χ0) is 20.0. The van der Waals surface area contributed by atoms with E-state index in [-0.39, 0.29) is 60.8 Å². The van der Waals surface area contributed by atoms with Crippen molar-refractivity contribution in [1.82, 2.24) is 5.32 Å². The minimum absolute atomic E-state index is 0. The van der Waals surface area contributed by atoms with Crippen LogP contribution in [-0.2, 0) is 13.0 Å². The third-order valence-electron chi connectivity index (χ3n) is 3.35. The summed E-state index contributed by atoms with van der Waals surface area (Å²) in [6, 6.07) is 6.89. The van der Waals surface area contributed by atoms with Gasteiger partial charge in [0.05, 0.1) is 6.54 Å². The summed E-state index contributed by atoms with van der Waals surface area (Å²) in [4.78, 5) is 3.99. The molecule has 154 valence electrons. The minimum Gasteiger partial charge on any atom is -0.406 e. The summed E-state index contributed by atoms with van der Waals surface area (Å²) in [5.41, 5.74) is 6.48. The number of alkyl halides is 3. The monoisotopic (exact) mass is 519 g/mol. The molecular weight excluding hydrogens is 503 g/mol. The highest BCUT2D eigenvalue weighted by Crippen LogP contribution is 2.22. The van der Waals surface area contributed by atoms with E-state index >= 15 is 0 Å². The van der Waals surface area contributed by atoms with Gasteiger partial charge in [0.25, 0.3) is 0 Å². The maximum absolute atomic E-state index is 13.1. The Morgan fingerprint density at radius 1 is 1.00 bits per heavy atom. The van der Waals surface area contributed by atoms with Crippen molar-refractivity contribution >= 4 is 29.9 Å². The van der Waals surface area contributed by atoms with Crippen LogP contribution in [0.1, 0.15) is 11.1 Å². The normalized spacial score (nSPS) is 11.7. The number of nitrogens with zero attached hydrogens (tertiary/aromatic N) is 1. The number of hydrogen-bond acceptors (Lipinski definition) is 2. The molecular formula is C17H16F6IN3O. The van der Waals surface area contributed by atoms with Gasteiger partial charge in [-0.3, -0.25) is 0 Å². The maximum atomic E-state index is 13.1. The second kappa shape index (κ2) is 10.4. The molecule has 28 heavy (non-hydrogen) atoms. The number of halogens is 7. The smallest absolute Gasteiger partial charge is 0.406 e. The van der Waals surface area contributed by atoms with Gasteiger partial charge in [0.15, 0.2) is 23.4 Å². The van der Waals surface area contributed by atoms with E-state index in [1.165, 1.54) is 12.1 Å². The fourth-order valence-corrected chi connectivity index (χ4v) is 2.12. The van der Waals surface area contributed by atoms with Gasteiger partial charge in [-0.15, -0.1) is 37.1 Å².